The maximum absolute atomic E-state index is 14.5. The molecule has 3 heterocycles. The quantitative estimate of drug-likeness (QED) is 0.608. The summed E-state index contributed by atoms with van der Waals surface area (Å²) in [5.41, 5.74) is 4.29. The molecule has 0 saturated carbocycles. The Balaban J connectivity index is 1.56. The van der Waals surface area contributed by atoms with Crippen molar-refractivity contribution in [3.8, 4) is 0 Å². The fourth-order valence-corrected chi connectivity index (χ4v) is 7.00. The molecule has 3 amide bonds. The number of piperidine rings is 2. The van der Waals surface area contributed by atoms with Crippen LogP contribution < -0.4 is 0 Å². The van der Waals surface area contributed by atoms with Gasteiger partial charge in [0.25, 0.3) is 0 Å². The molecular weight excluding hydrogens is 481 g/mol. The lowest BCUT2D eigenvalue weighted by Crippen LogP contribution is -2.65. The molecule has 2 aromatic carbocycles. The second-order valence-corrected chi connectivity index (χ2v) is 11.7. The lowest BCUT2D eigenvalue weighted by molar-refractivity contribution is -0.163. The van der Waals surface area contributed by atoms with E-state index in [-0.39, 0.29) is 47.2 Å². The Hall–Kier alpha value is -3.22. The molecule has 5 atom stereocenters. The molecule has 202 valence electrons. The summed E-state index contributed by atoms with van der Waals surface area (Å²) in [7, 11) is 0. The molecule has 7 heteroatoms. The van der Waals surface area contributed by atoms with E-state index in [2.05, 4.69) is 39.0 Å². The van der Waals surface area contributed by atoms with Gasteiger partial charge >= 0.3 is 0 Å². The highest BCUT2D eigenvalue weighted by Gasteiger charge is 2.54. The highest BCUT2D eigenvalue weighted by Crippen LogP contribution is 2.46. The minimum absolute atomic E-state index is 0.0295. The maximum atomic E-state index is 14.5. The van der Waals surface area contributed by atoms with Crippen LogP contribution in [0.4, 0.5) is 4.39 Å². The Morgan fingerprint density at radius 2 is 1.63 bits per heavy atom. The summed E-state index contributed by atoms with van der Waals surface area (Å²) < 4.78 is 13.9. The number of aryl methyl sites for hydroxylation is 2. The molecule has 3 aliphatic rings. The first-order chi connectivity index (χ1) is 18.1. The Morgan fingerprint density at radius 3 is 2.29 bits per heavy atom. The van der Waals surface area contributed by atoms with E-state index >= 15 is 0 Å². The van der Waals surface area contributed by atoms with Crippen molar-refractivity contribution in [2.24, 2.45) is 17.8 Å². The van der Waals surface area contributed by atoms with Gasteiger partial charge in [0, 0.05) is 45.6 Å². The standard InChI is InChI=1S/C31H38FN3O3/c1-19-9-12-35-29(31(38)34(16-19)17-23-14-20(2)13-21(3)15-23)28(24-5-7-25(32)8-6-24)26-10-11-33(22(4)36)18-27(26)30(35)37/h5-8,13-15,19,26-29H,9-12,16-18H2,1-4H3/t19-,26?,27?,28?,29?/m1/s1. The SMILES string of the molecule is CC(=O)N1CCC2C(C1)C(=O)N1CC[C@@H](C)CN(Cc3cc(C)cc(C)c3)C(=O)C1C2c1ccc(F)cc1. The van der Waals surface area contributed by atoms with Gasteiger partial charge in [-0.15, -0.1) is 0 Å². The number of amides is 3. The number of hydrogen-bond donors (Lipinski definition) is 0. The fraction of sp³-hybridized carbons (Fsp3) is 0.516. The van der Waals surface area contributed by atoms with Crippen LogP contribution in [0.5, 0.6) is 0 Å². The first-order valence-electron chi connectivity index (χ1n) is 13.8. The lowest BCUT2D eigenvalue weighted by atomic mass is 9.66. The van der Waals surface area contributed by atoms with Crippen molar-refractivity contribution in [2.75, 3.05) is 26.2 Å². The number of benzene rings is 2. The summed E-state index contributed by atoms with van der Waals surface area (Å²) in [6.07, 6.45) is 1.44. The monoisotopic (exact) mass is 519 g/mol. The molecule has 2 aromatic rings. The molecule has 5 rings (SSSR count). The van der Waals surface area contributed by atoms with Crippen LogP contribution in [0, 0.1) is 37.4 Å². The topological polar surface area (TPSA) is 60.9 Å². The average molecular weight is 520 g/mol. The van der Waals surface area contributed by atoms with Gasteiger partial charge in [-0.2, -0.15) is 0 Å². The van der Waals surface area contributed by atoms with Crippen molar-refractivity contribution in [2.45, 2.75) is 59.0 Å². The van der Waals surface area contributed by atoms with Gasteiger partial charge in [0.05, 0.1) is 5.92 Å². The van der Waals surface area contributed by atoms with E-state index in [9.17, 15) is 18.8 Å². The molecule has 3 aliphatic heterocycles. The molecule has 0 aliphatic carbocycles. The zero-order chi connectivity index (χ0) is 27.1. The van der Waals surface area contributed by atoms with Gasteiger partial charge in [-0.25, -0.2) is 4.39 Å². The van der Waals surface area contributed by atoms with Crippen LogP contribution in [0.3, 0.4) is 0 Å². The number of carbonyl (C=O) groups excluding carboxylic acids is 3. The summed E-state index contributed by atoms with van der Waals surface area (Å²) in [5.74, 6) is -0.897. The van der Waals surface area contributed by atoms with Crippen molar-refractivity contribution in [3.05, 3.63) is 70.5 Å². The molecule has 3 fully saturated rings. The first kappa shape index (κ1) is 26.4. The molecule has 4 unspecified atom stereocenters. The Kier molecular flexibility index (Phi) is 7.30. The number of fused-ring (bicyclic) bond motifs is 2. The summed E-state index contributed by atoms with van der Waals surface area (Å²) in [6, 6.07) is 12.2. The van der Waals surface area contributed by atoms with Crippen molar-refractivity contribution in [3.63, 3.8) is 0 Å². The minimum Gasteiger partial charge on any atom is -0.342 e. The van der Waals surface area contributed by atoms with Gasteiger partial charge in [0.2, 0.25) is 17.7 Å². The number of nitrogens with zero attached hydrogens (tertiary/aromatic N) is 3. The highest BCUT2D eigenvalue weighted by molar-refractivity contribution is 5.92. The van der Waals surface area contributed by atoms with Crippen LogP contribution in [-0.4, -0.2) is 64.6 Å². The number of halogens is 1. The number of rotatable bonds is 3. The van der Waals surface area contributed by atoms with Gasteiger partial charge < -0.3 is 14.7 Å². The normalized spacial score (nSPS) is 27.9. The third-order valence-electron chi connectivity index (χ3n) is 8.72. The molecule has 0 aromatic heterocycles. The van der Waals surface area contributed by atoms with E-state index in [1.54, 1.807) is 28.9 Å². The fourth-order valence-electron chi connectivity index (χ4n) is 7.00. The summed E-state index contributed by atoms with van der Waals surface area (Å²) in [5, 5.41) is 0. The largest absolute Gasteiger partial charge is 0.342 e. The van der Waals surface area contributed by atoms with Gasteiger partial charge in [-0.3, -0.25) is 14.4 Å². The second kappa shape index (κ2) is 10.5. The molecular formula is C31H38FN3O3. The minimum atomic E-state index is -0.642. The second-order valence-electron chi connectivity index (χ2n) is 11.7. The van der Waals surface area contributed by atoms with Crippen molar-refractivity contribution in [1.29, 1.82) is 0 Å². The zero-order valence-electron chi connectivity index (χ0n) is 22.8. The molecule has 6 nitrogen and oxygen atoms in total. The van der Waals surface area contributed by atoms with Crippen LogP contribution in [0.1, 0.15) is 54.9 Å². The van der Waals surface area contributed by atoms with E-state index in [0.29, 0.717) is 39.1 Å². The van der Waals surface area contributed by atoms with Crippen LogP contribution in [0.25, 0.3) is 0 Å². The number of carbonyl (C=O) groups is 3. The van der Waals surface area contributed by atoms with Crippen molar-refractivity contribution >= 4 is 17.7 Å². The van der Waals surface area contributed by atoms with Crippen LogP contribution >= 0.6 is 0 Å². The third kappa shape index (κ3) is 5.07. The average Bonchev–Trinajstić information content (AvgIpc) is 2.86. The summed E-state index contributed by atoms with van der Waals surface area (Å²) in [4.78, 5) is 46.2. The highest BCUT2D eigenvalue weighted by atomic mass is 19.1. The van der Waals surface area contributed by atoms with Gasteiger partial charge in [-0.1, -0.05) is 48.4 Å². The predicted octanol–water partition coefficient (Wildman–Crippen LogP) is 4.29. The van der Waals surface area contributed by atoms with Crippen LogP contribution in [0.15, 0.2) is 42.5 Å². The molecule has 0 N–H and O–H groups in total. The van der Waals surface area contributed by atoms with Gasteiger partial charge in [0.1, 0.15) is 11.9 Å². The van der Waals surface area contributed by atoms with Crippen LogP contribution in [0.2, 0.25) is 0 Å². The smallest absolute Gasteiger partial charge is 0.246 e. The van der Waals surface area contributed by atoms with E-state index in [1.165, 1.54) is 12.1 Å². The van der Waals surface area contributed by atoms with Crippen LogP contribution in [-0.2, 0) is 20.9 Å². The Bertz CT molecular complexity index is 1210. The lowest BCUT2D eigenvalue weighted by Gasteiger charge is -2.53. The molecule has 0 spiro atoms. The van der Waals surface area contributed by atoms with E-state index in [1.807, 2.05) is 4.90 Å². The van der Waals surface area contributed by atoms with E-state index in [0.717, 1.165) is 28.7 Å². The molecule has 38 heavy (non-hydrogen) atoms. The zero-order valence-corrected chi connectivity index (χ0v) is 22.8. The molecule has 3 saturated heterocycles. The predicted molar refractivity (Wildman–Crippen MR) is 144 cm³/mol. The van der Waals surface area contributed by atoms with Gasteiger partial charge in [0.15, 0.2) is 0 Å². The summed E-state index contributed by atoms with van der Waals surface area (Å²) in [6.45, 7) is 10.4. The maximum Gasteiger partial charge on any atom is 0.246 e. The first-order valence-corrected chi connectivity index (χ1v) is 13.8. The van der Waals surface area contributed by atoms with E-state index in [4.69, 9.17) is 0 Å². The molecule has 0 bridgehead atoms. The van der Waals surface area contributed by atoms with Crippen molar-refractivity contribution in [1.82, 2.24) is 14.7 Å². The number of likely N-dealkylation sites (tertiary alicyclic amines) is 1. The Morgan fingerprint density at radius 1 is 0.947 bits per heavy atom. The van der Waals surface area contributed by atoms with E-state index < -0.39 is 6.04 Å². The van der Waals surface area contributed by atoms with Gasteiger partial charge in [-0.05, 0) is 61.8 Å². The summed E-state index contributed by atoms with van der Waals surface area (Å²) >= 11 is 0. The molecule has 0 radical (unpaired) electrons. The Labute approximate surface area is 224 Å². The third-order valence-corrected chi connectivity index (χ3v) is 8.72. The number of hydrogen-bond acceptors (Lipinski definition) is 3. The van der Waals surface area contributed by atoms with Crippen molar-refractivity contribution < 1.29 is 18.8 Å².